The summed E-state index contributed by atoms with van der Waals surface area (Å²) in [6, 6.07) is 43.8. The van der Waals surface area contributed by atoms with E-state index < -0.39 is 0 Å². The van der Waals surface area contributed by atoms with Crippen molar-refractivity contribution in [1.82, 2.24) is 0 Å². The molecule has 570 valence electrons. The maximum atomic E-state index is 6.65. The maximum Gasteiger partial charge on any atom is 0.143 e. The average Bonchev–Trinajstić information content (AvgIpc) is 1.01. The molecule has 0 aliphatic rings. The zero-order valence-corrected chi connectivity index (χ0v) is 70.2. The number of thiophene rings is 4. The second kappa shape index (κ2) is 42.3. The summed E-state index contributed by atoms with van der Waals surface area (Å²) in [7, 11) is 3.52. The van der Waals surface area contributed by atoms with Gasteiger partial charge in [0.1, 0.15) is 34.5 Å². The van der Waals surface area contributed by atoms with Gasteiger partial charge in [-0.05, 0) is 164 Å². The fourth-order valence-electron chi connectivity index (χ4n) is 13.7. The largest absolute Gasteiger partial charge is 0.495 e. The molecule has 0 fully saturated rings. The normalized spacial score (nSPS) is 11.8. The van der Waals surface area contributed by atoms with E-state index in [1.54, 1.807) is 59.6 Å². The third-order valence-electron chi connectivity index (χ3n) is 20.1. The molecule has 0 aliphatic heterocycles. The number of unbranched alkanes of at least 4 members (excludes halogenated alkanes) is 20. The smallest absolute Gasteiger partial charge is 0.143 e. The summed E-state index contributed by atoms with van der Waals surface area (Å²) >= 11 is 7.01. The maximum absolute atomic E-state index is 6.65. The first-order valence-electron chi connectivity index (χ1n) is 40.5. The number of benzene rings is 6. The SMILES string of the molecule is CCCCCCCCOc1ccsc1-c1sc(/C=C/c2ccc(C#Cc3cc4cc(C(C)(C)C)ccc4c(-c4c(OC)c(C#Cc5ccc(/C=C/c6cc(OCCCCCCCC)c(-c7sccc7OCCCCCCCC)s6)cc5)cc5cc(C(C)(C)C)ccc45)c3OC)cc2)cc1OCCCCCCCC. The fraction of sp³-hybridized carbons (Fsp3) is 0.429. The van der Waals surface area contributed by atoms with Crippen LogP contribution in [-0.2, 0) is 10.8 Å². The summed E-state index contributed by atoms with van der Waals surface area (Å²) in [5.41, 5.74) is 9.61. The second-order valence-electron chi connectivity index (χ2n) is 30.8. The lowest BCUT2D eigenvalue weighted by Gasteiger charge is -2.24. The van der Waals surface area contributed by atoms with Gasteiger partial charge < -0.3 is 28.4 Å². The molecule has 0 atom stereocenters. The number of fused-ring (bicyclic) bond motifs is 2. The topological polar surface area (TPSA) is 55.4 Å². The van der Waals surface area contributed by atoms with Crippen molar-refractivity contribution >= 4 is 91.2 Å². The minimum atomic E-state index is -0.101. The van der Waals surface area contributed by atoms with Crippen molar-refractivity contribution in [2.75, 3.05) is 40.6 Å². The monoisotopic (exact) mass is 1520 g/mol. The molecule has 0 saturated carbocycles. The molecule has 0 N–H and O–H groups in total. The number of hydrogen-bond acceptors (Lipinski definition) is 10. The minimum absolute atomic E-state index is 0.101. The summed E-state index contributed by atoms with van der Waals surface area (Å²) in [4.78, 5) is 6.85. The van der Waals surface area contributed by atoms with E-state index in [1.807, 2.05) is 0 Å². The van der Waals surface area contributed by atoms with Gasteiger partial charge in [-0.2, -0.15) is 0 Å². The summed E-state index contributed by atoms with van der Waals surface area (Å²) < 4.78 is 39.5. The van der Waals surface area contributed by atoms with E-state index in [-0.39, 0.29) is 10.8 Å². The highest BCUT2D eigenvalue weighted by Crippen LogP contribution is 2.51. The van der Waals surface area contributed by atoms with E-state index in [1.165, 1.54) is 140 Å². The molecule has 10 heteroatoms. The standard InChI is InChI=1S/C98H118O6S4/c1-13-17-21-25-29-33-59-101-85-57-63-105-93(85)95-87(103-61-35-31-27-23-19-15-3)69-81(107-95)53-47-73-41-37-71(38-42-73)45-49-75-65-77-67-79(97(5,6)7)51-55-83(77)89(91(75)99-11)90-84-56-52-80(98(8,9)10)68-78(84)66-76(92(90)100-12)50-46-72-39-43-74(44-40-72)48-54-82-70-88(104-62-36-32-28-24-20-16-4)96(108-82)94-86(58-64-106-94)102-60-34-30-26-22-18-14-2/h37-44,47-48,51-58,63-70H,13-36,59-62H2,1-12H3/b53-47+,54-48+. The molecule has 108 heavy (non-hydrogen) atoms. The van der Waals surface area contributed by atoms with Crippen LogP contribution in [-0.4, -0.2) is 40.6 Å². The molecule has 0 bridgehead atoms. The molecule has 0 unspecified atom stereocenters. The van der Waals surface area contributed by atoms with Crippen LogP contribution in [0.3, 0.4) is 0 Å². The van der Waals surface area contributed by atoms with E-state index in [2.05, 4.69) is 249 Å². The molecule has 0 radical (unpaired) electrons. The Morgan fingerprint density at radius 1 is 0.333 bits per heavy atom. The molecule has 4 aromatic heterocycles. The number of ether oxygens (including phenoxy) is 6. The zero-order valence-electron chi connectivity index (χ0n) is 66.9. The van der Waals surface area contributed by atoms with Gasteiger partial charge in [0.05, 0.1) is 71.3 Å². The summed E-state index contributed by atoms with van der Waals surface area (Å²) in [5.74, 6) is 19.6. The van der Waals surface area contributed by atoms with Crippen molar-refractivity contribution in [3.05, 3.63) is 186 Å². The highest BCUT2D eigenvalue weighted by Gasteiger charge is 2.27. The number of rotatable bonds is 41. The lowest BCUT2D eigenvalue weighted by Crippen LogP contribution is -2.11. The zero-order chi connectivity index (χ0) is 76.1. The Bertz CT molecular complexity index is 4350. The Hall–Kier alpha value is -7.96. The highest BCUT2D eigenvalue weighted by molar-refractivity contribution is 7.23. The lowest BCUT2D eigenvalue weighted by molar-refractivity contribution is 0.303. The van der Waals surface area contributed by atoms with Crippen molar-refractivity contribution in [3.8, 4) is 88.8 Å². The quantitative estimate of drug-likeness (QED) is 0.0281. The first kappa shape index (κ1) is 82.5. The fourth-order valence-corrected chi connectivity index (χ4v) is 17.7. The van der Waals surface area contributed by atoms with Gasteiger partial charge in [0.2, 0.25) is 0 Å². The van der Waals surface area contributed by atoms with E-state index >= 15 is 0 Å². The van der Waals surface area contributed by atoms with Gasteiger partial charge in [0.15, 0.2) is 0 Å². The lowest BCUT2D eigenvalue weighted by atomic mass is 9.82. The molecule has 0 amide bonds. The Kier molecular flexibility index (Phi) is 32.3. The summed E-state index contributed by atoms with van der Waals surface area (Å²) in [6.45, 7) is 25.5. The molecule has 0 aliphatic carbocycles. The summed E-state index contributed by atoms with van der Waals surface area (Å²) in [5, 5.41) is 8.51. The number of methoxy groups -OCH3 is 2. The molecule has 0 saturated heterocycles. The van der Waals surface area contributed by atoms with Crippen LogP contribution in [0.4, 0.5) is 0 Å². The second-order valence-corrected chi connectivity index (χ2v) is 34.8. The molecule has 6 aromatic carbocycles. The molecule has 0 spiro atoms. The Labute approximate surface area is 664 Å². The van der Waals surface area contributed by atoms with Crippen LogP contribution in [0.1, 0.15) is 278 Å². The molecule has 4 heterocycles. The summed E-state index contributed by atoms with van der Waals surface area (Å²) in [6.07, 6.45) is 38.3. The van der Waals surface area contributed by atoms with E-state index in [0.29, 0.717) is 24.7 Å². The molecule has 10 rings (SSSR count). The Morgan fingerprint density at radius 2 is 0.667 bits per heavy atom. The third-order valence-corrected chi connectivity index (χ3v) is 24.4. The predicted molar refractivity (Wildman–Crippen MR) is 471 cm³/mol. The van der Waals surface area contributed by atoms with Crippen LogP contribution in [0, 0.1) is 23.7 Å². The van der Waals surface area contributed by atoms with Crippen LogP contribution in [0.25, 0.3) is 76.5 Å². The van der Waals surface area contributed by atoms with Crippen LogP contribution in [0.5, 0.6) is 34.5 Å². The number of hydrogen-bond donors (Lipinski definition) is 0. The van der Waals surface area contributed by atoms with Crippen LogP contribution in [0.15, 0.2) is 132 Å². The van der Waals surface area contributed by atoms with Gasteiger partial charge >= 0.3 is 0 Å². The van der Waals surface area contributed by atoms with Gasteiger partial charge in [-0.3, -0.25) is 0 Å². The molecule has 10 aromatic rings. The Balaban J connectivity index is 0.939. The van der Waals surface area contributed by atoms with E-state index in [9.17, 15) is 0 Å². The van der Waals surface area contributed by atoms with Crippen molar-refractivity contribution < 1.29 is 28.4 Å². The van der Waals surface area contributed by atoms with Crippen LogP contribution in [0.2, 0.25) is 0 Å². The van der Waals surface area contributed by atoms with Crippen molar-refractivity contribution in [1.29, 1.82) is 0 Å². The van der Waals surface area contributed by atoms with Crippen molar-refractivity contribution in [2.24, 2.45) is 0 Å². The first-order valence-corrected chi connectivity index (χ1v) is 43.9. The Morgan fingerprint density at radius 3 is 1.00 bits per heavy atom. The van der Waals surface area contributed by atoms with Gasteiger partial charge in [-0.15, -0.1) is 45.3 Å². The van der Waals surface area contributed by atoms with Gasteiger partial charge in [0.25, 0.3) is 0 Å². The molecule has 6 nitrogen and oxygen atoms in total. The van der Waals surface area contributed by atoms with Crippen LogP contribution < -0.4 is 28.4 Å². The van der Waals surface area contributed by atoms with E-state index in [4.69, 9.17) is 28.4 Å². The average molecular weight is 1520 g/mol. The minimum Gasteiger partial charge on any atom is -0.495 e. The van der Waals surface area contributed by atoms with E-state index in [0.717, 1.165) is 157 Å². The van der Waals surface area contributed by atoms with Crippen LogP contribution >= 0.6 is 45.3 Å². The molecular weight excluding hydrogens is 1400 g/mol. The van der Waals surface area contributed by atoms with Crippen molar-refractivity contribution in [3.63, 3.8) is 0 Å². The third kappa shape index (κ3) is 23.5. The van der Waals surface area contributed by atoms with Gasteiger partial charge in [-0.25, -0.2) is 0 Å². The highest BCUT2D eigenvalue weighted by atomic mass is 32.1. The first-order chi connectivity index (χ1) is 52.6. The molecular formula is C98H118O6S4. The van der Waals surface area contributed by atoms with Gasteiger partial charge in [-0.1, -0.05) is 294 Å². The predicted octanol–water partition coefficient (Wildman–Crippen LogP) is 29.9. The van der Waals surface area contributed by atoms with Gasteiger partial charge in [0, 0.05) is 32.0 Å². The van der Waals surface area contributed by atoms with Crippen molar-refractivity contribution in [2.45, 2.75) is 234 Å².